The lowest BCUT2D eigenvalue weighted by molar-refractivity contribution is -0.302. The molecule has 1 amide bonds. The van der Waals surface area contributed by atoms with Gasteiger partial charge in [0, 0.05) is 6.42 Å². The predicted molar refractivity (Wildman–Crippen MR) is 318 cm³/mol. The number of carbonyl (C=O) groups is 1. The van der Waals surface area contributed by atoms with Gasteiger partial charge in [0.2, 0.25) is 5.91 Å². The second-order valence-electron chi connectivity index (χ2n) is 21.8. The molecule has 0 aromatic carbocycles. The fraction of sp³-hybridized carbons (Fsp3) is 0.803. The predicted octanol–water partition coefficient (Wildman–Crippen LogP) is 16.4. The van der Waals surface area contributed by atoms with E-state index >= 15 is 0 Å². The lowest BCUT2D eigenvalue weighted by Crippen LogP contribution is -2.60. The molecule has 1 fully saturated rings. The van der Waals surface area contributed by atoms with Crippen molar-refractivity contribution in [3.63, 3.8) is 0 Å². The summed E-state index contributed by atoms with van der Waals surface area (Å²) in [4.78, 5) is 13.0. The van der Waals surface area contributed by atoms with Crippen LogP contribution in [0.3, 0.4) is 0 Å². The highest BCUT2D eigenvalue weighted by Gasteiger charge is 2.44. The van der Waals surface area contributed by atoms with Gasteiger partial charge in [-0.15, -0.1) is 0 Å². The first-order valence-corrected chi connectivity index (χ1v) is 31.7. The maximum Gasteiger partial charge on any atom is 0.220 e. The second kappa shape index (κ2) is 55.0. The van der Waals surface area contributed by atoms with Gasteiger partial charge in [-0.05, 0) is 70.6 Å². The van der Waals surface area contributed by atoms with E-state index in [4.69, 9.17) is 9.47 Å². The summed E-state index contributed by atoms with van der Waals surface area (Å²) in [6, 6.07) is -0.820. The zero-order chi connectivity index (χ0) is 54.3. The molecule has 1 rings (SSSR count). The Bertz CT molecular complexity index is 1410. The van der Waals surface area contributed by atoms with Crippen LogP contribution in [0.4, 0.5) is 0 Å². The van der Waals surface area contributed by atoms with Crippen molar-refractivity contribution in [1.29, 1.82) is 0 Å². The van der Waals surface area contributed by atoms with Crippen molar-refractivity contribution in [2.24, 2.45) is 0 Å². The van der Waals surface area contributed by atoms with Crippen molar-refractivity contribution >= 4 is 5.91 Å². The molecular weight excluding hydrogens is 935 g/mol. The Labute approximate surface area is 461 Å². The van der Waals surface area contributed by atoms with Gasteiger partial charge in [0.05, 0.1) is 25.4 Å². The summed E-state index contributed by atoms with van der Waals surface area (Å²) < 4.78 is 11.2. The molecule has 9 heteroatoms. The number of rotatable bonds is 54. The number of unbranched alkanes of at least 4 members (excludes halogenated alkanes) is 34. The normalized spacial score (nSPS) is 19.4. The molecule has 0 bridgehead atoms. The highest BCUT2D eigenvalue weighted by atomic mass is 16.7. The zero-order valence-corrected chi connectivity index (χ0v) is 48.5. The first kappa shape index (κ1) is 70.6. The molecule has 0 aliphatic carbocycles. The van der Waals surface area contributed by atoms with Gasteiger partial charge in [-0.2, -0.15) is 0 Å². The zero-order valence-electron chi connectivity index (χ0n) is 48.5. The molecule has 1 heterocycles. The standard InChI is InChI=1S/C66H119NO8/c1-3-5-7-9-11-13-15-16-17-18-19-20-21-22-23-24-25-26-27-28-29-30-31-32-33-34-35-36-37-38-39-40-41-42-43-44-46-48-50-52-54-56-62(70)67-59(58-74-66-65(73)64(72)63(71)61(57-68)75-66)60(69)55-53-51-49-47-45-14-12-10-8-6-4-2/h5,7,11,13,16-17,19-20,45,47,53,55,59-61,63-66,68-69,71-73H,3-4,6,8-10,12,14-15,18,21-44,46,48-52,54,56-58H2,1-2H3,(H,67,70)/b7-5-,13-11-,17-16-,20-19-,47-45+,55-53+. The Hall–Kier alpha value is -2.37. The Morgan fingerprint density at radius 3 is 1.28 bits per heavy atom. The third-order valence-corrected chi connectivity index (χ3v) is 14.8. The third kappa shape index (κ3) is 44.2. The number of nitrogens with one attached hydrogen (secondary N) is 1. The van der Waals surface area contributed by atoms with Gasteiger partial charge in [0.1, 0.15) is 24.4 Å². The average Bonchev–Trinajstić information content (AvgIpc) is 3.41. The maximum atomic E-state index is 13.0. The molecule has 0 aromatic heterocycles. The highest BCUT2D eigenvalue weighted by Crippen LogP contribution is 2.23. The van der Waals surface area contributed by atoms with Crippen LogP contribution in [0.25, 0.3) is 0 Å². The minimum Gasteiger partial charge on any atom is -0.394 e. The van der Waals surface area contributed by atoms with Crippen LogP contribution < -0.4 is 5.32 Å². The van der Waals surface area contributed by atoms with Crippen molar-refractivity contribution in [3.8, 4) is 0 Å². The summed E-state index contributed by atoms with van der Waals surface area (Å²) in [6.07, 6.45) is 70.3. The van der Waals surface area contributed by atoms with E-state index in [1.54, 1.807) is 6.08 Å². The van der Waals surface area contributed by atoms with Crippen molar-refractivity contribution < 1.29 is 39.8 Å². The van der Waals surface area contributed by atoms with Crippen molar-refractivity contribution in [2.45, 2.75) is 326 Å². The van der Waals surface area contributed by atoms with Crippen LogP contribution in [0.15, 0.2) is 72.9 Å². The quantitative estimate of drug-likeness (QED) is 0.0261. The third-order valence-electron chi connectivity index (χ3n) is 14.8. The van der Waals surface area contributed by atoms with Crippen molar-refractivity contribution in [1.82, 2.24) is 5.32 Å². The van der Waals surface area contributed by atoms with E-state index in [2.05, 4.69) is 79.9 Å². The van der Waals surface area contributed by atoms with E-state index in [1.165, 1.54) is 199 Å². The highest BCUT2D eigenvalue weighted by molar-refractivity contribution is 5.76. The first-order valence-electron chi connectivity index (χ1n) is 31.7. The first-order chi connectivity index (χ1) is 36.8. The van der Waals surface area contributed by atoms with Crippen molar-refractivity contribution in [2.75, 3.05) is 13.2 Å². The van der Waals surface area contributed by atoms with Crippen molar-refractivity contribution in [3.05, 3.63) is 72.9 Å². The fourth-order valence-corrected chi connectivity index (χ4v) is 9.81. The lowest BCUT2D eigenvalue weighted by Gasteiger charge is -2.40. The number of ether oxygens (including phenoxy) is 2. The van der Waals surface area contributed by atoms with Gasteiger partial charge >= 0.3 is 0 Å². The van der Waals surface area contributed by atoms with E-state index in [-0.39, 0.29) is 12.5 Å². The van der Waals surface area contributed by atoms with Crippen LogP contribution in [0.1, 0.15) is 284 Å². The molecule has 9 nitrogen and oxygen atoms in total. The minimum absolute atomic E-state index is 0.185. The lowest BCUT2D eigenvalue weighted by atomic mass is 9.99. The smallest absolute Gasteiger partial charge is 0.220 e. The van der Waals surface area contributed by atoms with Crippen LogP contribution in [0.5, 0.6) is 0 Å². The van der Waals surface area contributed by atoms with E-state index < -0.39 is 49.5 Å². The fourth-order valence-electron chi connectivity index (χ4n) is 9.81. The Morgan fingerprint density at radius 2 is 0.840 bits per heavy atom. The number of aliphatic hydroxyl groups is 5. The monoisotopic (exact) mass is 1050 g/mol. The van der Waals surface area contributed by atoms with Gasteiger partial charge in [-0.25, -0.2) is 0 Å². The largest absolute Gasteiger partial charge is 0.394 e. The van der Waals surface area contributed by atoms with Crippen LogP contribution in [-0.2, 0) is 14.3 Å². The summed E-state index contributed by atoms with van der Waals surface area (Å²) >= 11 is 0. The summed E-state index contributed by atoms with van der Waals surface area (Å²) in [5, 5.41) is 54.3. The van der Waals surface area contributed by atoms with Gasteiger partial charge in [0.15, 0.2) is 6.29 Å². The molecule has 0 radical (unpaired) electrons. The number of allylic oxidation sites excluding steroid dienone is 11. The summed E-state index contributed by atoms with van der Waals surface area (Å²) in [5.41, 5.74) is 0. The molecule has 436 valence electrons. The molecule has 0 saturated carbocycles. The van der Waals surface area contributed by atoms with Crippen LogP contribution in [-0.4, -0.2) is 87.5 Å². The molecule has 1 aliphatic rings. The number of carbonyl (C=O) groups excluding carboxylic acids is 1. The minimum atomic E-state index is -1.57. The Balaban J connectivity index is 2.00. The summed E-state index contributed by atoms with van der Waals surface area (Å²) in [5.74, 6) is -0.185. The molecule has 1 saturated heterocycles. The van der Waals surface area contributed by atoms with Crippen LogP contribution in [0.2, 0.25) is 0 Å². The second-order valence-corrected chi connectivity index (χ2v) is 21.8. The van der Waals surface area contributed by atoms with Gasteiger partial charge in [-0.3, -0.25) is 4.79 Å². The van der Waals surface area contributed by atoms with Gasteiger partial charge < -0.3 is 40.3 Å². The van der Waals surface area contributed by atoms with Gasteiger partial charge in [-0.1, -0.05) is 279 Å². The molecular formula is C66H119NO8. The molecule has 75 heavy (non-hydrogen) atoms. The Morgan fingerprint density at radius 1 is 0.467 bits per heavy atom. The molecule has 0 spiro atoms. The summed E-state index contributed by atoms with van der Waals surface area (Å²) in [6.45, 7) is 3.63. The van der Waals surface area contributed by atoms with Gasteiger partial charge in [0.25, 0.3) is 0 Å². The topological polar surface area (TPSA) is 149 Å². The van der Waals surface area contributed by atoms with E-state index in [1.807, 2.05) is 6.08 Å². The molecule has 7 unspecified atom stereocenters. The number of amides is 1. The van der Waals surface area contributed by atoms with E-state index in [9.17, 15) is 30.3 Å². The Kier molecular flexibility index (Phi) is 51.8. The SMILES string of the molecule is CC/C=C\C/C=C\C/C=C\C/C=C\CCCCCCCCCCCCCCCCCCCCCCCCCCCCCCC(=O)NC(COC1OC(CO)C(O)C(O)C1O)C(O)/C=C/CC/C=C/CCCCCCC. The number of hydrogen-bond acceptors (Lipinski definition) is 8. The molecule has 1 aliphatic heterocycles. The molecule has 6 N–H and O–H groups in total. The van der Waals surface area contributed by atoms with Crippen LogP contribution >= 0.6 is 0 Å². The average molecular weight is 1050 g/mol. The van der Waals surface area contributed by atoms with Crippen LogP contribution in [0, 0.1) is 0 Å². The van der Waals surface area contributed by atoms with E-state index in [0.717, 1.165) is 64.2 Å². The maximum absolute atomic E-state index is 13.0. The molecule has 7 atom stereocenters. The molecule has 0 aromatic rings. The van der Waals surface area contributed by atoms with E-state index in [0.29, 0.717) is 6.42 Å². The summed E-state index contributed by atoms with van der Waals surface area (Å²) in [7, 11) is 0. The number of hydrogen-bond donors (Lipinski definition) is 6. The number of aliphatic hydroxyl groups excluding tert-OH is 5.